The van der Waals surface area contributed by atoms with E-state index in [1.807, 2.05) is 0 Å². The molecule has 1 aliphatic heterocycles. The van der Waals surface area contributed by atoms with Crippen LogP contribution >= 0.6 is 11.6 Å². The highest BCUT2D eigenvalue weighted by Gasteiger charge is 2.29. The lowest BCUT2D eigenvalue weighted by atomic mass is 9.98. The molecule has 130 valence electrons. The molecule has 1 aromatic carbocycles. The lowest BCUT2D eigenvalue weighted by Gasteiger charge is -2.28. The maximum absolute atomic E-state index is 11.6. The van der Waals surface area contributed by atoms with Gasteiger partial charge in [0, 0.05) is 24.0 Å². The molecule has 0 amide bonds. The average Bonchev–Trinajstić information content (AvgIpc) is 3.04. The molecule has 1 saturated heterocycles. The molecule has 3 rings (SSSR count). The first-order chi connectivity index (χ1) is 11.4. The molecule has 0 spiro atoms. The fourth-order valence-corrected chi connectivity index (χ4v) is 3.85. The highest BCUT2D eigenvalue weighted by atomic mass is 35.5. The number of nitrogens with zero attached hydrogens (tertiary/aromatic N) is 3. The van der Waals surface area contributed by atoms with Gasteiger partial charge in [0.25, 0.3) is 0 Å². The van der Waals surface area contributed by atoms with Crippen molar-refractivity contribution in [3.63, 3.8) is 0 Å². The van der Waals surface area contributed by atoms with Crippen LogP contribution in [0.1, 0.15) is 24.7 Å². The Morgan fingerprint density at radius 1 is 1.33 bits per heavy atom. The fourth-order valence-electron chi connectivity index (χ4n) is 2.80. The minimum Gasteiger partial charge on any atom is -0.496 e. The van der Waals surface area contributed by atoms with Crippen molar-refractivity contribution in [2.45, 2.75) is 18.8 Å². The Morgan fingerprint density at radius 2 is 2.04 bits per heavy atom. The minimum atomic E-state index is -3.15. The van der Waals surface area contributed by atoms with E-state index >= 15 is 0 Å². The topological polar surface area (TPSA) is 85.5 Å². The van der Waals surface area contributed by atoms with Gasteiger partial charge in [0.15, 0.2) is 0 Å². The van der Waals surface area contributed by atoms with Crippen molar-refractivity contribution in [3.05, 3.63) is 29.1 Å². The third-order valence-corrected chi connectivity index (χ3v) is 5.65. The molecule has 0 aliphatic carbocycles. The van der Waals surface area contributed by atoms with Gasteiger partial charge in [0.2, 0.25) is 21.7 Å². The van der Waals surface area contributed by atoms with Gasteiger partial charge < -0.3 is 9.26 Å². The average molecular weight is 372 g/mol. The molecule has 0 bridgehead atoms. The number of piperidine rings is 1. The predicted octanol–water partition coefficient (Wildman–Crippen LogP) is 2.54. The van der Waals surface area contributed by atoms with Crippen molar-refractivity contribution < 1.29 is 17.7 Å². The molecule has 24 heavy (non-hydrogen) atoms. The number of methoxy groups -OCH3 is 1. The molecule has 0 N–H and O–H groups in total. The van der Waals surface area contributed by atoms with Gasteiger partial charge in [-0.1, -0.05) is 16.8 Å². The summed E-state index contributed by atoms with van der Waals surface area (Å²) in [6.45, 7) is 0.920. The van der Waals surface area contributed by atoms with Crippen molar-refractivity contribution in [1.82, 2.24) is 14.4 Å². The summed E-state index contributed by atoms with van der Waals surface area (Å²) in [5.41, 5.74) is 0.661. The zero-order valence-electron chi connectivity index (χ0n) is 13.4. The summed E-state index contributed by atoms with van der Waals surface area (Å²) in [5.74, 6) is 1.59. The third kappa shape index (κ3) is 3.55. The number of benzene rings is 1. The summed E-state index contributed by atoms with van der Waals surface area (Å²) in [6, 6.07) is 5.20. The molecule has 0 unspecified atom stereocenters. The first-order valence-corrected chi connectivity index (χ1v) is 9.73. The molecule has 0 atom stereocenters. The molecule has 7 nitrogen and oxygen atoms in total. The van der Waals surface area contributed by atoms with Crippen LogP contribution in [0.5, 0.6) is 5.75 Å². The van der Waals surface area contributed by atoms with E-state index in [2.05, 4.69) is 10.1 Å². The smallest absolute Gasteiger partial charge is 0.230 e. The van der Waals surface area contributed by atoms with Crippen molar-refractivity contribution in [3.8, 4) is 17.1 Å². The lowest BCUT2D eigenvalue weighted by Crippen LogP contribution is -2.37. The first-order valence-electron chi connectivity index (χ1n) is 7.51. The summed E-state index contributed by atoms with van der Waals surface area (Å²) in [7, 11) is -1.58. The van der Waals surface area contributed by atoms with Crippen LogP contribution in [-0.4, -0.2) is 49.3 Å². The Balaban J connectivity index is 1.79. The molecular weight excluding hydrogens is 354 g/mol. The normalized spacial score (nSPS) is 17.1. The molecule has 9 heteroatoms. The maximum atomic E-state index is 11.6. The summed E-state index contributed by atoms with van der Waals surface area (Å²) >= 11 is 6.03. The molecule has 1 fully saturated rings. The molecule has 0 saturated carbocycles. The molecule has 2 heterocycles. The largest absolute Gasteiger partial charge is 0.496 e. The van der Waals surface area contributed by atoms with E-state index < -0.39 is 10.0 Å². The van der Waals surface area contributed by atoms with Gasteiger partial charge in [0.05, 0.1) is 18.9 Å². The second-order valence-electron chi connectivity index (χ2n) is 5.74. The van der Waals surface area contributed by atoms with Crippen LogP contribution < -0.4 is 4.74 Å². The van der Waals surface area contributed by atoms with Gasteiger partial charge in [-0.25, -0.2) is 12.7 Å². The number of hydrogen-bond donors (Lipinski definition) is 0. The van der Waals surface area contributed by atoms with Gasteiger partial charge >= 0.3 is 0 Å². The van der Waals surface area contributed by atoms with E-state index in [9.17, 15) is 8.42 Å². The second-order valence-corrected chi connectivity index (χ2v) is 8.16. The molecule has 2 aromatic rings. The summed E-state index contributed by atoms with van der Waals surface area (Å²) in [5, 5.41) is 4.58. The quantitative estimate of drug-likeness (QED) is 0.820. The van der Waals surface area contributed by atoms with E-state index in [-0.39, 0.29) is 5.92 Å². The molecule has 1 aliphatic rings. The van der Waals surface area contributed by atoms with Gasteiger partial charge in [-0.3, -0.25) is 0 Å². The van der Waals surface area contributed by atoms with Gasteiger partial charge in [-0.15, -0.1) is 0 Å². The first kappa shape index (κ1) is 17.2. The maximum Gasteiger partial charge on any atom is 0.230 e. The highest BCUT2D eigenvalue weighted by molar-refractivity contribution is 7.88. The van der Waals surface area contributed by atoms with Crippen LogP contribution in [0.2, 0.25) is 5.02 Å². The van der Waals surface area contributed by atoms with Crippen molar-refractivity contribution in [2.24, 2.45) is 0 Å². The van der Waals surface area contributed by atoms with Gasteiger partial charge in [-0.2, -0.15) is 4.98 Å². The summed E-state index contributed by atoms with van der Waals surface area (Å²) in [6.07, 6.45) is 2.53. The van der Waals surface area contributed by atoms with E-state index in [1.165, 1.54) is 10.6 Å². The summed E-state index contributed by atoms with van der Waals surface area (Å²) < 4.78 is 35.3. The monoisotopic (exact) mass is 371 g/mol. The molecular formula is C15H18ClN3O4S. The van der Waals surface area contributed by atoms with Crippen LogP contribution in [0.25, 0.3) is 11.4 Å². The zero-order valence-corrected chi connectivity index (χ0v) is 15.0. The van der Waals surface area contributed by atoms with Crippen molar-refractivity contribution >= 4 is 21.6 Å². The number of halogens is 1. The highest BCUT2D eigenvalue weighted by Crippen LogP contribution is 2.33. The Morgan fingerprint density at radius 3 is 2.67 bits per heavy atom. The van der Waals surface area contributed by atoms with Crippen LogP contribution in [0.4, 0.5) is 0 Å². The Hall–Kier alpha value is -1.64. The lowest BCUT2D eigenvalue weighted by molar-refractivity contribution is 0.271. The van der Waals surface area contributed by atoms with Gasteiger partial charge in [-0.05, 0) is 31.0 Å². The SMILES string of the molecule is COc1ccc(Cl)cc1-c1noc(C2CCN(S(C)(=O)=O)CC2)n1. The third-order valence-electron chi connectivity index (χ3n) is 4.12. The van der Waals surface area contributed by atoms with E-state index in [1.54, 1.807) is 25.3 Å². The van der Waals surface area contributed by atoms with Crippen LogP contribution in [0.3, 0.4) is 0 Å². The molecule has 1 aromatic heterocycles. The summed E-state index contributed by atoms with van der Waals surface area (Å²) in [4.78, 5) is 4.46. The predicted molar refractivity (Wildman–Crippen MR) is 89.7 cm³/mol. The Kier molecular flexibility index (Phi) is 4.80. The van der Waals surface area contributed by atoms with E-state index in [0.29, 0.717) is 54.0 Å². The number of ether oxygens (including phenoxy) is 1. The number of sulfonamides is 1. The minimum absolute atomic E-state index is 0.0504. The number of hydrogen-bond acceptors (Lipinski definition) is 6. The van der Waals surface area contributed by atoms with E-state index in [0.717, 1.165) is 0 Å². The molecule has 0 radical (unpaired) electrons. The standard InChI is InChI=1S/C15H18ClN3O4S/c1-22-13-4-3-11(16)9-12(13)14-17-15(23-18-14)10-5-7-19(8-6-10)24(2,20)21/h3-4,9-10H,5-8H2,1-2H3. The second kappa shape index (κ2) is 6.70. The van der Waals surface area contributed by atoms with E-state index in [4.69, 9.17) is 20.9 Å². The van der Waals surface area contributed by atoms with Crippen LogP contribution in [0.15, 0.2) is 22.7 Å². The zero-order chi connectivity index (χ0) is 17.3. The fraction of sp³-hybridized carbons (Fsp3) is 0.467. The van der Waals surface area contributed by atoms with Gasteiger partial charge in [0.1, 0.15) is 5.75 Å². The number of rotatable bonds is 4. The Bertz CT molecular complexity index is 829. The van der Waals surface area contributed by atoms with Crippen molar-refractivity contribution in [1.29, 1.82) is 0 Å². The Labute approximate surface area is 145 Å². The number of aromatic nitrogens is 2. The van der Waals surface area contributed by atoms with Crippen LogP contribution in [-0.2, 0) is 10.0 Å². The van der Waals surface area contributed by atoms with Crippen molar-refractivity contribution in [2.75, 3.05) is 26.5 Å². The van der Waals surface area contributed by atoms with Crippen LogP contribution in [0, 0.1) is 0 Å².